The first-order valence-corrected chi connectivity index (χ1v) is 3.10. The predicted molar refractivity (Wildman–Crippen MR) is 41.9 cm³/mol. The maximum atomic E-state index is 5.00. The van der Waals surface area contributed by atoms with E-state index in [1.54, 1.807) is 14.2 Å². The van der Waals surface area contributed by atoms with Gasteiger partial charge in [0.25, 0.3) is 0 Å². The van der Waals surface area contributed by atoms with Gasteiger partial charge in [0, 0.05) is 0 Å². The average Bonchev–Trinajstić information content (AvgIpc) is 2.05. The summed E-state index contributed by atoms with van der Waals surface area (Å²) in [5.41, 5.74) is 0.944. The zero-order valence-electron chi connectivity index (χ0n) is 7.16. The van der Waals surface area contributed by atoms with E-state index >= 15 is 0 Å². The molecule has 0 aliphatic heterocycles. The van der Waals surface area contributed by atoms with E-state index in [0.717, 1.165) is 11.4 Å². The molecule has 0 saturated carbocycles. The summed E-state index contributed by atoms with van der Waals surface area (Å²) in [6, 6.07) is 7.64. The van der Waals surface area contributed by atoms with Crippen LogP contribution in [0.1, 0.15) is 0 Å². The molecular weight excluding hydrogens is 165 g/mol. The predicted octanol–water partition coefficient (Wildman–Crippen LogP) is -0.666. The van der Waals surface area contributed by atoms with Crippen LogP contribution in [0.5, 0.6) is 5.75 Å². The van der Waals surface area contributed by atoms with Gasteiger partial charge in [-0.2, -0.15) is 0 Å². The molecule has 0 saturated heterocycles. The molecule has 1 aromatic carbocycles. The molecular formula is C8H10KNO. The van der Waals surface area contributed by atoms with E-state index in [0.29, 0.717) is 0 Å². The summed E-state index contributed by atoms with van der Waals surface area (Å²) in [5, 5.41) is 4.00. The SMILES string of the molecule is C[N-]c1cccc(OC)c1.[K+]. The second-order valence-corrected chi connectivity index (χ2v) is 1.93. The molecule has 2 nitrogen and oxygen atoms in total. The molecule has 0 radical (unpaired) electrons. The summed E-state index contributed by atoms with van der Waals surface area (Å²) in [4.78, 5) is 0. The Morgan fingerprint density at radius 3 is 2.64 bits per heavy atom. The summed E-state index contributed by atoms with van der Waals surface area (Å²) in [5.74, 6) is 0.850. The van der Waals surface area contributed by atoms with E-state index in [4.69, 9.17) is 4.74 Å². The number of hydrogen-bond acceptors (Lipinski definition) is 1. The van der Waals surface area contributed by atoms with Crippen molar-refractivity contribution in [1.82, 2.24) is 0 Å². The van der Waals surface area contributed by atoms with E-state index in [9.17, 15) is 0 Å². The Morgan fingerprint density at radius 2 is 2.09 bits per heavy atom. The summed E-state index contributed by atoms with van der Waals surface area (Å²) in [6.07, 6.45) is 0. The van der Waals surface area contributed by atoms with Crippen molar-refractivity contribution in [2.45, 2.75) is 0 Å². The molecule has 0 aliphatic rings. The van der Waals surface area contributed by atoms with Crippen LogP contribution in [0.25, 0.3) is 5.32 Å². The van der Waals surface area contributed by atoms with E-state index < -0.39 is 0 Å². The Morgan fingerprint density at radius 1 is 1.36 bits per heavy atom. The standard InChI is InChI=1S/C8H10NO.K/c1-9-7-4-3-5-8(6-7)10-2;/h3-6H,1-2H3;/q-1;+1. The van der Waals surface area contributed by atoms with Crippen molar-refractivity contribution in [2.24, 2.45) is 0 Å². The molecule has 0 heterocycles. The minimum Gasteiger partial charge on any atom is -0.687 e. The van der Waals surface area contributed by atoms with Gasteiger partial charge < -0.3 is 10.1 Å². The minimum absolute atomic E-state index is 0. The third-order valence-corrected chi connectivity index (χ3v) is 1.31. The van der Waals surface area contributed by atoms with E-state index in [1.165, 1.54) is 0 Å². The van der Waals surface area contributed by atoms with Crippen molar-refractivity contribution in [3.05, 3.63) is 29.6 Å². The fourth-order valence-corrected chi connectivity index (χ4v) is 0.750. The summed E-state index contributed by atoms with van der Waals surface area (Å²) < 4.78 is 5.00. The van der Waals surface area contributed by atoms with Gasteiger partial charge in [0.2, 0.25) is 0 Å². The molecule has 0 spiro atoms. The first-order chi connectivity index (χ1) is 4.86. The quantitative estimate of drug-likeness (QED) is 0.547. The molecule has 3 heteroatoms. The van der Waals surface area contributed by atoms with E-state index in [2.05, 4.69) is 5.32 Å². The van der Waals surface area contributed by atoms with Gasteiger partial charge in [-0.25, -0.2) is 0 Å². The van der Waals surface area contributed by atoms with Crippen LogP contribution >= 0.6 is 0 Å². The summed E-state index contributed by atoms with van der Waals surface area (Å²) >= 11 is 0. The molecule has 11 heavy (non-hydrogen) atoms. The van der Waals surface area contributed by atoms with E-state index in [1.807, 2.05) is 24.3 Å². The summed E-state index contributed by atoms with van der Waals surface area (Å²) in [7, 11) is 3.41. The molecule has 1 aromatic rings. The van der Waals surface area contributed by atoms with Gasteiger partial charge in [-0.1, -0.05) is 12.1 Å². The Kier molecular flexibility index (Phi) is 6.28. The number of nitrogens with zero attached hydrogens (tertiary/aromatic N) is 1. The van der Waals surface area contributed by atoms with Crippen LogP contribution in [0.4, 0.5) is 5.69 Å². The first-order valence-electron chi connectivity index (χ1n) is 3.10. The van der Waals surface area contributed by atoms with Gasteiger partial charge in [-0.3, -0.25) is 0 Å². The average molecular weight is 175 g/mol. The monoisotopic (exact) mass is 175 g/mol. The van der Waals surface area contributed by atoms with Crippen LogP contribution in [0.15, 0.2) is 24.3 Å². The fraction of sp³-hybridized carbons (Fsp3) is 0.250. The smallest absolute Gasteiger partial charge is 0.687 e. The molecule has 0 atom stereocenters. The number of benzene rings is 1. The molecule has 54 valence electrons. The largest absolute Gasteiger partial charge is 1.00 e. The minimum atomic E-state index is 0. The molecule has 0 unspecified atom stereocenters. The maximum Gasteiger partial charge on any atom is 1.00 e. The molecule has 0 bridgehead atoms. The topological polar surface area (TPSA) is 23.3 Å². The third-order valence-electron chi connectivity index (χ3n) is 1.31. The Balaban J connectivity index is 0.000001000. The van der Waals surface area contributed by atoms with Crippen LogP contribution in [-0.2, 0) is 0 Å². The number of rotatable bonds is 2. The van der Waals surface area contributed by atoms with Gasteiger partial charge >= 0.3 is 51.4 Å². The van der Waals surface area contributed by atoms with E-state index in [-0.39, 0.29) is 51.4 Å². The Hall–Kier alpha value is 0.456. The first kappa shape index (κ1) is 11.5. The zero-order valence-corrected chi connectivity index (χ0v) is 10.3. The van der Waals surface area contributed by atoms with Crippen LogP contribution in [0, 0.1) is 0 Å². The van der Waals surface area contributed by atoms with Gasteiger partial charge in [0.15, 0.2) is 0 Å². The number of ether oxygens (including phenoxy) is 1. The second kappa shape index (κ2) is 6.03. The van der Waals surface area contributed by atoms with Crippen LogP contribution in [-0.4, -0.2) is 14.2 Å². The normalized spacial score (nSPS) is 8.18. The van der Waals surface area contributed by atoms with Crippen molar-refractivity contribution in [3.63, 3.8) is 0 Å². The molecule has 1 rings (SSSR count). The molecule has 0 aromatic heterocycles. The fourth-order valence-electron chi connectivity index (χ4n) is 0.750. The molecule has 0 N–H and O–H groups in total. The Labute approximate surface area is 110 Å². The third kappa shape index (κ3) is 3.58. The second-order valence-electron chi connectivity index (χ2n) is 1.93. The number of hydrogen-bond donors (Lipinski definition) is 0. The molecule has 0 amide bonds. The van der Waals surface area contributed by atoms with Gasteiger partial charge in [-0.05, 0) is 12.1 Å². The van der Waals surface area contributed by atoms with Crippen molar-refractivity contribution >= 4 is 5.69 Å². The molecule has 0 fully saturated rings. The zero-order chi connectivity index (χ0) is 7.40. The van der Waals surface area contributed by atoms with Crippen molar-refractivity contribution in [1.29, 1.82) is 0 Å². The van der Waals surface area contributed by atoms with Crippen LogP contribution in [0.2, 0.25) is 0 Å². The van der Waals surface area contributed by atoms with Crippen LogP contribution in [0.3, 0.4) is 0 Å². The van der Waals surface area contributed by atoms with Gasteiger partial charge in [0.05, 0.1) is 7.11 Å². The van der Waals surface area contributed by atoms with Gasteiger partial charge in [0.1, 0.15) is 5.75 Å². The van der Waals surface area contributed by atoms with Crippen molar-refractivity contribution in [2.75, 3.05) is 14.2 Å². The van der Waals surface area contributed by atoms with Crippen molar-refractivity contribution < 1.29 is 56.1 Å². The maximum absolute atomic E-state index is 5.00. The summed E-state index contributed by atoms with van der Waals surface area (Å²) in [6.45, 7) is 0. The number of methoxy groups -OCH3 is 1. The Bertz CT molecular complexity index is 196. The van der Waals surface area contributed by atoms with Crippen molar-refractivity contribution in [3.8, 4) is 5.75 Å². The van der Waals surface area contributed by atoms with Crippen LogP contribution < -0.4 is 56.1 Å². The van der Waals surface area contributed by atoms with Gasteiger partial charge in [-0.15, -0.1) is 12.7 Å². The molecule has 0 aliphatic carbocycles.